The molecule has 2 saturated heterocycles. The van der Waals surface area contributed by atoms with E-state index in [4.69, 9.17) is 5.73 Å². The first-order valence-corrected chi connectivity index (χ1v) is 8.54. The summed E-state index contributed by atoms with van der Waals surface area (Å²) in [7, 11) is -2.89. The topological polar surface area (TPSA) is 63.4 Å². The van der Waals surface area contributed by atoms with E-state index < -0.39 is 9.84 Å². The lowest BCUT2D eigenvalue weighted by atomic mass is 9.98. The summed E-state index contributed by atoms with van der Waals surface area (Å²) < 4.78 is 23.2. The van der Waals surface area contributed by atoms with Crippen molar-refractivity contribution in [2.75, 3.05) is 24.6 Å². The molecule has 0 spiro atoms. The predicted octanol–water partition coefficient (Wildman–Crippen LogP) is 0.623. The first-order valence-electron chi connectivity index (χ1n) is 6.72. The van der Waals surface area contributed by atoms with E-state index in [2.05, 4.69) is 11.8 Å². The smallest absolute Gasteiger partial charge is 0.153 e. The number of nitrogens with two attached hydrogens (primary N) is 1. The fraction of sp³-hybridized carbons (Fsp3) is 1.00. The fourth-order valence-corrected chi connectivity index (χ4v) is 5.08. The average molecular weight is 260 g/mol. The summed E-state index contributed by atoms with van der Waals surface area (Å²) >= 11 is 0. The first kappa shape index (κ1) is 13.3. The highest BCUT2D eigenvalue weighted by molar-refractivity contribution is 7.91. The number of nitrogens with zero attached hydrogens (tertiary/aromatic N) is 1. The van der Waals surface area contributed by atoms with Gasteiger partial charge in [-0.1, -0.05) is 13.3 Å². The van der Waals surface area contributed by atoms with Crippen molar-refractivity contribution in [3.05, 3.63) is 0 Å². The van der Waals surface area contributed by atoms with Gasteiger partial charge in [0.05, 0.1) is 11.5 Å². The molecule has 4 nitrogen and oxygen atoms in total. The lowest BCUT2D eigenvalue weighted by Crippen LogP contribution is -2.47. The van der Waals surface area contributed by atoms with Gasteiger partial charge in [0.15, 0.2) is 9.84 Å². The maximum atomic E-state index is 11.6. The van der Waals surface area contributed by atoms with Crippen LogP contribution in [0, 0.1) is 5.92 Å². The minimum Gasteiger partial charge on any atom is -0.325 e. The Morgan fingerprint density at radius 2 is 2.00 bits per heavy atom. The zero-order valence-electron chi connectivity index (χ0n) is 10.6. The van der Waals surface area contributed by atoms with Crippen LogP contribution in [0.2, 0.25) is 0 Å². The highest BCUT2D eigenvalue weighted by atomic mass is 32.2. The first-order chi connectivity index (χ1) is 8.02. The van der Waals surface area contributed by atoms with Gasteiger partial charge in [-0.2, -0.15) is 0 Å². The Morgan fingerprint density at radius 1 is 1.24 bits per heavy atom. The molecule has 0 aromatic carbocycles. The van der Waals surface area contributed by atoms with E-state index in [1.807, 2.05) is 0 Å². The number of hydrogen-bond donors (Lipinski definition) is 1. The van der Waals surface area contributed by atoms with E-state index in [1.54, 1.807) is 0 Å². The summed E-state index contributed by atoms with van der Waals surface area (Å²) in [6, 6.07) is -0.117. The van der Waals surface area contributed by atoms with Gasteiger partial charge < -0.3 is 5.73 Å². The minimum atomic E-state index is -2.89. The van der Waals surface area contributed by atoms with Gasteiger partial charge in [0.25, 0.3) is 0 Å². The molecule has 2 heterocycles. The van der Waals surface area contributed by atoms with Crippen LogP contribution >= 0.6 is 0 Å². The van der Waals surface area contributed by atoms with Crippen LogP contribution in [0.1, 0.15) is 32.6 Å². The molecule has 0 bridgehead atoms. The highest BCUT2D eigenvalue weighted by Crippen LogP contribution is 2.24. The van der Waals surface area contributed by atoms with Crippen molar-refractivity contribution in [2.45, 2.75) is 44.7 Å². The van der Waals surface area contributed by atoms with Crippen molar-refractivity contribution in [3.63, 3.8) is 0 Å². The van der Waals surface area contributed by atoms with Gasteiger partial charge in [-0.05, 0) is 38.3 Å². The number of rotatable bonds is 2. The van der Waals surface area contributed by atoms with E-state index in [-0.39, 0.29) is 23.6 Å². The van der Waals surface area contributed by atoms with Crippen molar-refractivity contribution in [3.8, 4) is 0 Å². The Bertz CT molecular complexity index is 356. The Balaban J connectivity index is 1.98. The molecule has 2 aliphatic rings. The van der Waals surface area contributed by atoms with Gasteiger partial charge in [0.2, 0.25) is 0 Å². The highest BCUT2D eigenvalue weighted by Gasteiger charge is 2.39. The molecule has 17 heavy (non-hydrogen) atoms. The molecule has 3 atom stereocenters. The Hall–Kier alpha value is -0.130. The summed E-state index contributed by atoms with van der Waals surface area (Å²) in [6.45, 7) is 4.28. The van der Waals surface area contributed by atoms with Crippen LogP contribution in [0.5, 0.6) is 0 Å². The summed E-state index contributed by atoms with van der Waals surface area (Å²) in [6.07, 6.45) is 4.89. The molecule has 100 valence electrons. The number of hydrogen-bond acceptors (Lipinski definition) is 4. The maximum Gasteiger partial charge on any atom is 0.153 e. The van der Waals surface area contributed by atoms with Crippen LogP contribution in [0.15, 0.2) is 0 Å². The van der Waals surface area contributed by atoms with Crippen LogP contribution in [-0.4, -0.2) is 50.0 Å². The van der Waals surface area contributed by atoms with Gasteiger partial charge in [-0.3, -0.25) is 4.90 Å². The molecule has 2 aliphatic heterocycles. The third-order valence-corrected chi connectivity index (χ3v) is 6.04. The van der Waals surface area contributed by atoms with Crippen LogP contribution in [0.4, 0.5) is 0 Å². The van der Waals surface area contributed by atoms with Crippen LogP contribution in [0.3, 0.4) is 0 Å². The van der Waals surface area contributed by atoms with E-state index in [0.717, 1.165) is 19.0 Å². The van der Waals surface area contributed by atoms with Crippen molar-refractivity contribution >= 4 is 9.84 Å². The van der Waals surface area contributed by atoms with Gasteiger partial charge in [0.1, 0.15) is 0 Å². The SMILES string of the molecule is CCC1CCCN(C2CS(=O)(=O)CC2N)CC1. The van der Waals surface area contributed by atoms with Crippen molar-refractivity contribution < 1.29 is 8.42 Å². The van der Waals surface area contributed by atoms with Gasteiger partial charge in [-0.15, -0.1) is 0 Å². The van der Waals surface area contributed by atoms with Crippen molar-refractivity contribution in [1.29, 1.82) is 0 Å². The lowest BCUT2D eigenvalue weighted by molar-refractivity contribution is 0.203. The quantitative estimate of drug-likeness (QED) is 0.791. The lowest BCUT2D eigenvalue weighted by Gasteiger charge is -2.29. The Labute approximate surface area is 104 Å². The average Bonchev–Trinajstić information content (AvgIpc) is 2.46. The molecule has 2 N–H and O–H groups in total. The van der Waals surface area contributed by atoms with E-state index in [0.29, 0.717) is 0 Å². The molecule has 5 heteroatoms. The van der Waals surface area contributed by atoms with Crippen LogP contribution in [0.25, 0.3) is 0 Å². The van der Waals surface area contributed by atoms with Crippen LogP contribution < -0.4 is 5.73 Å². The molecule has 0 aromatic heterocycles. The molecular formula is C12H24N2O2S. The molecule has 2 fully saturated rings. The van der Waals surface area contributed by atoms with Crippen LogP contribution in [-0.2, 0) is 9.84 Å². The van der Waals surface area contributed by atoms with Crippen molar-refractivity contribution in [1.82, 2.24) is 4.90 Å². The van der Waals surface area contributed by atoms with Crippen molar-refractivity contribution in [2.24, 2.45) is 11.7 Å². The second kappa shape index (κ2) is 5.24. The maximum absolute atomic E-state index is 11.6. The zero-order valence-corrected chi connectivity index (χ0v) is 11.5. The Morgan fingerprint density at radius 3 is 2.59 bits per heavy atom. The number of sulfone groups is 1. The molecule has 0 saturated carbocycles. The molecule has 0 aromatic rings. The summed E-state index contributed by atoms with van der Waals surface area (Å²) in [4.78, 5) is 2.32. The largest absolute Gasteiger partial charge is 0.325 e. The molecule has 0 aliphatic carbocycles. The summed E-state index contributed by atoms with van der Waals surface area (Å²) in [5, 5.41) is 0. The molecule has 0 amide bonds. The van der Waals surface area contributed by atoms with Gasteiger partial charge >= 0.3 is 0 Å². The summed E-state index contributed by atoms with van der Waals surface area (Å²) in [5.41, 5.74) is 5.98. The third kappa shape index (κ3) is 3.20. The molecule has 3 unspecified atom stereocenters. The third-order valence-electron chi connectivity index (χ3n) is 4.29. The van der Waals surface area contributed by atoms with E-state index in [9.17, 15) is 8.42 Å². The zero-order chi connectivity index (χ0) is 12.5. The number of likely N-dealkylation sites (tertiary alicyclic amines) is 1. The predicted molar refractivity (Wildman–Crippen MR) is 69.6 cm³/mol. The molecular weight excluding hydrogens is 236 g/mol. The summed E-state index contributed by atoms with van der Waals surface area (Å²) in [5.74, 6) is 1.25. The fourth-order valence-electron chi connectivity index (χ4n) is 3.16. The standard InChI is InChI=1S/C12H24N2O2S/c1-2-10-4-3-6-14(7-5-10)12-9-17(15,16)8-11(12)13/h10-12H,2-9,13H2,1H3. The second-order valence-corrected chi connectivity index (χ2v) is 7.70. The molecule has 2 rings (SSSR count). The minimum absolute atomic E-state index is 0.0654. The monoisotopic (exact) mass is 260 g/mol. The van der Waals surface area contributed by atoms with Gasteiger partial charge in [-0.25, -0.2) is 8.42 Å². The van der Waals surface area contributed by atoms with Gasteiger partial charge in [0, 0.05) is 12.1 Å². The second-order valence-electron chi connectivity index (χ2n) is 5.55. The normalized spacial score (nSPS) is 39.1. The Kier molecular flexibility index (Phi) is 4.10. The molecule has 0 radical (unpaired) electrons. The van der Waals surface area contributed by atoms with E-state index >= 15 is 0 Å². The van der Waals surface area contributed by atoms with E-state index in [1.165, 1.54) is 25.7 Å².